The number of benzene rings is 1. The summed E-state index contributed by atoms with van der Waals surface area (Å²) >= 11 is 3.14. The van der Waals surface area contributed by atoms with E-state index in [0.29, 0.717) is 4.47 Å². The Labute approximate surface area is 115 Å². The molecule has 8 heteroatoms. The molecule has 1 aromatic heterocycles. The van der Waals surface area contributed by atoms with Gasteiger partial charge in [-0.1, -0.05) is 21.1 Å². The number of nitrogens with zero attached hydrogens (tertiary/aromatic N) is 3. The van der Waals surface area contributed by atoms with Gasteiger partial charge < -0.3 is 15.7 Å². The number of aromatic nitrogens is 2. The summed E-state index contributed by atoms with van der Waals surface area (Å²) in [5.41, 5.74) is 5.50. The fourth-order valence-corrected chi connectivity index (χ4v) is 1.77. The van der Waals surface area contributed by atoms with Gasteiger partial charge in [0, 0.05) is 22.9 Å². The summed E-state index contributed by atoms with van der Waals surface area (Å²) in [4.78, 5) is 7.79. The van der Waals surface area contributed by atoms with Crippen molar-refractivity contribution in [1.29, 1.82) is 0 Å². The van der Waals surface area contributed by atoms with Crippen LogP contribution in [0.5, 0.6) is 11.6 Å². The van der Waals surface area contributed by atoms with Crippen molar-refractivity contribution in [2.24, 2.45) is 10.9 Å². The Bertz CT molecular complexity index is 616. The number of rotatable bonds is 3. The fraction of sp³-hybridized carbons (Fsp3) is 0. The SMILES string of the molecule is N/C(=N/O)c1nccnc1Oc1cc(F)cc(Br)c1. The Hall–Kier alpha value is -2.22. The van der Waals surface area contributed by atoms with Gasteiger partial charge in [0.05, 0.1) is 0 Å². The third kappa shape index (κ3) is 3.16. The molecule has 2 rings (SSSR count). The summed E-state index contributed by atoms with van der Waals surface area (Å²) < 4.78 is 19.1. The molecule has 0 radical (unpaired) electrons. The fourth-order valence-electron chi connectivity index (χ4n) is 1.32. The molecule has 0 bridgehead atoms. The molecular formula is C11H8BrFN4O2. The zero-order valence-electron chi connectivity index (χ0n) is 9.42. The lowest BCUT2D eigenvalue weighted by molar-refractivity contribution is 0.318. The van der Waals surface area contributed by atoms with Crippen LogP contribution in [0.3, 0.4) is 0 Å². The first-order chi connectivity index (χ1) is 9.10. The first-order valence-electron chi connectivity index (χ1n) is 5.03. The van der Waals surface area contributed by atoms with E-state index in [2.05, 4.69) is 31.1 Å². The van der Waals surface area contributed by atoms with E-state index in [0.717, 1.165) is 0 Å². The zero-order valence-corrected chi connectivity index (χ0v) is 11.0. The summed E-state index contributed by atoms with van der Waals surface area (Å²) in [6.07, 6.45) is 2.74. The Balaban J connectivity index is 2.38. The van der Waals surface area contributed by atoms with Gasteiger partial charge in [0.25, 0.3) is 0 Å². The zero-order chi connectivity index (χ0) is 13.8. The molecule has 1 aromatic carbocycles. The molecule has 0 atom stereocenters. The summed E-state index contributed by atoms with van der Waals surface area (Å²) in [5, 5.41) is 11.5. The second-order valence-electron chi connectivity index (χ2n) is 3.40. The topological polar surface area (TPSA) is 93.6 Å². The van der Waals surface area contributed by atoms with E-state index in [1.54, 1.807) is 6.07 Å². The van der Waals surface area contributed by atoms with Crippen LogP contribution in [-0.4, -0.2) is 21.0 Å². The number of hydrogen-bond donors (Lipinski definition) is 2. The van der Waals surface area contributed by atoms with E-state index in [4.69, 9.17) is 15.7 Å². The molecule has 0 spiro atoms. The highest BCUT2D eigenvalue weighted by atomic mass is 79.9. The quantitative estimate of drug-likeness (QED) is 0.390. The van der Waals surface area contributed by atoms with Crippen LogP contribution in [0.1, 0.15) is 5.69 Å². The van der Waals surface area contributed by atoms with E-state index in [-0.39, 0.29) is 23.2 Å². The van der Waals surface area contributed by atoms with Crippen molar-refractivity contribution in [3.63, 3.8) is 0 Å². The molecule has 0 aliphatic rings. The standard InChI is InChI=1S/C11H8BrFN4O2/c12-6-3-7(13)5-8(4-6)19-11-9(10(14)17-18)15-1-2-16-11/h1-5,18H,(H2,14,17). The first kappa shape index (κ1) is 13.2. The Morgan fingerprint density at radius 1 is 1.32 bits per heavy atom. The summed E-state index contributed by atoms with van der Waals surface area (Å²) in [5.74, 6) is -0.508. The molecule has 3 N–H and O–H groups in total. The molecule has 0 fully saturated rings. The molecule has 0 amide bonds. The lowest BCUT2D eigenvalue weighted by Gasteiger charge is -2.08. The largest absolute Gasteiger partial charge is 0.437 e. The van der Waals surface area contributed by atoms with Crippen LogP contribution in [0.15, 0.2) is 40.2 Å². The van der Waals surface area contributed by atoms with Crippen LogP contribution in [0, 0.1) is 5.82 Å². The molecule has 0 unspecified atom stereocenters. The molecule has 0 aliphatic heterocycles. The van der Waals surface area contributed by atoms with Crippen molar-refractivity contribution in [2.45, 2.75) is 0 Å². The van der Waals surface area contributed by atoms with Crippen molar-refractivity contribution in [2.75, 3.05) is 0 Å². The smallest absolute Gasteiger partial charge is 0.249 e. The van der Waals surface area contributed by atoms with Gasteiger partial charge in [0.15, 0.2) is 11.5 Å². The Morgan fingerprint density at radius 3 is 2.74 bits per heavy atom. The first-order valence-corrected chi connectivity index (χ1v) is 5.82. The number of hydrogen-bond acceptors (Lipinski definition) is 5. The minimum absolute atomic E-state index is 0.00954. The monoisotopic (exact) mass is 326 g/mol. The minimum Gasteiger partial charge on any atom is -0.437 e. The number of halogens is 2. The van der Waals surface area contributed by atoms with Crippen LogP contribution < -0.4 is 10.5 Å². The molecule has 98 valence electrons. The van der Waals surface area contributed by atoms with Gasteiger partial charge in [0.1, 0.15) is 11.6 Å². The molecule has 0 saturated heterocycles. The molecule has 6 nitrogen and oxygen atoms in total. The third-order valence-electron chi connectivity index (χ3n) is 2.07. The van der Waals surface area contributed by atoms with E-state index in [1.807, 2.05) is 0 Å². The summed E-state index contributed by atoms with van der Waals surface area (Å²) in [6, 6.07) is 4.01. The number of oxime groups is 1. The maximum atomic E-state index is 13.2. The van der Waals surface area contributed by atoms with E-state index in [9.17, 15) is 4.39 Å². The maximum absolute atomic E-state index is 13.2. The summed E-state index contributed by atoms with van der Waals surface area (Å²) in [7, 11) is 0. The van der Waals surface area contributed by atoms with Gasteiger partial charge >= 0.3 is 0 Å². The molecule has 2 aromatic rings. The van der Waals surface area contributed by atoms with Crippen molar-refractivity contribution in [3.8, 4) is 11.6 Å². The highest BCUT2D eigenvalue weighted by molar-refractivity contribution is 9.10. The van der Waals surface area contributed by atoms with Crippen molar-refractivity contribution in [1.82, 2.24) is 9.97 Å². The van der Waals surface area contributed by atoms with E-state index < -0.39 is 5.82 Å². The molecule has 19 heavy (non-hydrogen) atoms. The van der Waals surface area contributed by atoms with E-state index >= 15 is 0 Å². The van der Waals surface area contributed by atoms with Crippen LogP contribution in [0.2, 0.25) is 0 Å². The van der Waals surface area contributed by atoms with Crippen molar-refractivity contribution >= 4 is 21.8 Å². The molecule has 1 heterocycles. The number of amidine groups is 1. The molecular weight excluding hydrogens is 319 g/mol. The Morgan fingerprint density at radius 2 is 2.05 bits per heavy atom. The average Bonchev–Trinajstić information content (AvgIpc) is 2.37. The average molecular weight is 327 g/mol. The van der Waals surface area contributed by atoms with Crippen LogP contribution >= 0.6 is 15.9 Å². The predicted octanol–water partition coefficient (Wildman–Crippen LogP) is 2.26. The highest BCUT2D eigenvalue weighted by Crippen LogP contribution is 2.25. The highest BCUT2D eigenvalue weighted by Gasteiger charge is 2.12. The van der Waals surface area contributed by atoms with Gasteiger partial charge in [-0.05, 0) is 12.1 Å². The lowest BCUT2D eigenvalue weighted by atomic mass is 10.3. The van der Waals surface area contributed by atoms with Crippen molar-refractivity contribution < 1.29 is 14.3 Å². The minimum atomic E-state index is -0.474. The Kier molecular flexibility index (Phi) is 3.91. The third-order valence-corrected chi connectivity index (χ3v) is 2.52. The second kappa shape index (κ2) is 5.61. The van der Waals surface area contributed by atoms with Gasteiger partial charge in [-0.15, -0.1) is 0 Å². The van der Waals surface area contributed by atoms with Gasteiger partial charge in [-0.25, -0.2) is 14.4 Å². The van der Waals surface area contributed by atoms with Gasteiger partial charge in [-0.3, -0.25) is 0 Å². The number of ether oxygens (including phenoxy) is 1. The second-order valence-corrected chi connectivity index (χ2v) is 4.32. The van der Waals surface area contributed by atoms with Crippen molar-refractivity contribution in [3.05, 3.63) is 46.6 Å². The van der Waals surface area contributed by atoms with Crippen LogP contribution in [-0.2, 0) is 0 Å². The maximum Gasteiger partial charge on any atom is 0.249 e. The summed E-state index contributed by atoms with van der Waals surface area (Å²) in [6.45, 7) is 0. The van der Waals surface area contributed by atoms with Gasteiger partial charge in [0.2, 0.25) is 5.88 Å². The number of nitrogens with two attached hydrogens (primary N) is 1. The molecule has 0 saturated carbocycles. The normalized spacial score (nSPS) is 11.4. The predicted molar refractivity (Wildman–Crippen MR) is 68.7 cm³/mol. The van der Waals surface area contributed by atoms with Crippen LogP contribution in [0.25, 0.3) is 0 Å². The van der Waals surface area contributed by atoms with Crippen LogP contribution in [0.4, 0.5) is 4.39 Å². The lowest BCUT2D eigenvalue weighted by Crippen LogP contribution is -2.16. The van der Waals surface area contributed by atoms with E-state index in [1.165, 1.54) is 24.5 Å². The molecule has 0 aliphatic carbocycles. The van der Waals surface area contributed by atoms with Gasteiger partial charge in [-0.2, -0.15) is 0 Å².